The number of carbonyl (C=O) groups is 8. The molecule has 0 aromatic rings. The molecule has 13 rings (SSSR count). The molecule has 0 aromatic carbocycles. The van der Waals surface area contributed by atoms with Crippen molar-refractivity contribution < 1.29 is 81.4 Å². The van der Waals surface area contributed by atoms with Gasteiger partial charge in [0, 0.05) is 24.7 Å². The molecule has 13 aliphatic rings. The van der Waals surface area contributed by atoms with E-state index < -0.39 is 45.9 Å². The summed E-state index contributed by atoms with van der Waals surface area (Å²) in [5.41, 5.74) is -3.46. The highest BCUT2D eigenvalue weighted by Crippen LogP contribution is 2.63. The molecule has 0 spiro atoms. The minimum absolute atomic E-state index is 0.00636. The topological polar surface area (TPSA) is 231 Å². The standard InChI is InChI=1S/C19H32O2.C16H22O6.C16H26O3.C14H26O2.C10H16O4/c1-6-18(4,5)17(20)21-19(12(2)3)15-8-13-7-14(10-15)11-16(19)9-13;1-4-16(2,3)15(19)20-7-11(17)21-12-8-5-9-10(6-8)14(18)22-13(9)12;1-4-14(2,3)13(17)19-16-8-11-5-12(9-16)7-15(18,6-11)10-16;1-5-13(3,4)12(15)16-14(6-2)10-8-7-9-11-14;1-4-10(2,3)9(12)14-7-5-6-13-8(7)11/h12-16H,6-11H2,1-5H3;8-10,12-13H,4-7H2,1-3H3;11-12,18H,4-10H2,1-3H3;5-11H2,1-4H3;7H,4-6H2,1-3H3. The maximum Gasteiger partial charge on any atom is 0.347 e. The molecule has 11 aliphatic carbocycles. The SMILES string of the molecule is CCC(C)(C)C(=O)OC1(C(C)C)C2CC3CC(C2)CC1C3.CCC(C)(C)C(=O)OC12CC3CC(CC(O)(C3)C1)C2.CCC(C)(C)C(=O)OC1CCOC1=O.CCC(C)(C)C(=O)OCC(=O)OC1C2CC3C(=O)OC1C3C2.CCC1(OC(=O)C(C)(C)CC)CCCCC1. The number of cyclic esters (lactones) is 1. The van der Waals surface area contributed by atoms with E-state index in [4.69, 9.17) is 37.9 Å². The van der Waals surface area contributed by atoms with Gasteiger partial charge in [-0.3, -0.25) is 28.8 Å². The van der Waals surface area contributed by atoms with Crippen LogP contribution < -0.4 is 0 Å². The van der Waals surface area contributed by atoms with Gasteiger partial charge >= 0.3 is 47.8 Å². The highest BCUT2D eigenvalue weighted by molar-refractivity contribution is 5.83. The highest BCUT2D eigenvalue weighted by Gasteiger charge is 2.65. The van der Waals surface area contributed by atoms with Gasteiger partial charge in [0.05, 0.1) is 45.2 Å². The third-order valence-electron chi connectivity index (χ3n) is 24.9. The Morgan fingerprint density at radius 2 is 1.03 bits per heavy atom. The van der Waals surface area contributed by atoms with Crippen molar-refractivity contribution in [1.82, 2.24) is 0 Å². The van der Waals surface area contributed by atoms with Crippen molar-refractivity contribution >= 4 is 47.8 Å². The number of hydrogen-bond donors (Lipinski definition) is 1. The van der Waals surface area contributed by atoms with E-state index in [9.17, 15) is 43.5 Å². The molecule has 2 saturated heterocycles. The third-order valence-corrected chi connectivity index (χ3v) is 24.9. The first-order valence-electron chi connectivity index (χ1n) is 36.2. The Labute approximate surface area is 552 Å². The van der Waals surface area contributed by atoms with Crippen molar-refractivity contribution in [3.8, 4) is 0 Å². The predicted molar refractivity (Wildman–Crippen MR) is 348 cm³/mol. The summed E-state index contributed by atoms with van der Waals surface area (Å²) in [6, 6.07) is 0. The van der Waals surface area contributed by atoms with Gasteiger partial charge in [0.2, 0.25) is 6.10 Å². The summed E-state index contributed by atoms with van der Waals surface area (Å²) in [4.78, 5) is 95.3. The summed E-state index contributed by atoms with van der Waals surface area (Å²) in [5.74, 6) is 3.03. The van der Waals surface area contributed by atoms with E-state index in [0.717, 1.165) is 88.9 Å². The molecule has 11 saturated carbocycles. The molecule has 10 bridgehead atoms. The summed E-state index contributed by atoms with van der Waals surface area (Å²) < 4.78 is 43.8. The average molecular weight is 1300 g/mol. The van der Waals surface area contributed by atoms with Crippen molar-refractivity contribution in [2.45, 2.75) is 326 Å². The van der Waals surface area contributed by atoms with Crippen LogP contribution in [0.4, 0.5) is 0 Å². The Kier molecular flexibility index (Phi) is 23.8. The van der Waals surface area contributed by atoms with Gasteiger partial charge in [0.25, 0.3) is 0 Å². The van der Waals surface area contributed by atoms with Crippen molar-refractivity contribution in [2.24, 2.45) is 86.3 Å². The second kappa shape index (κ2) is 29.2. The Balaban J connectivity index is 0.000000165. The molecule has 8 atom stereocenters. The van der Waals surface area contributed by atoms with E-state index in [-0.39, 0.29) is 94.0 Å². The third kappa shape index (κ3) is 16.7. The first-order valence-corrected chi connectivity index (χ1v) is 36.2. The first-order chi connectivity index (χ1) is 42.8. The molecule has 524 valence electrons. The number of hydrogen-bond acceptors (Lipinski definition) is 17. The Morgan fingerprint density at radius 3 is 1.50 bits per heavy atom. The van der Waals surface area contributed by atoms with Crippen molar-refractivity contribution in [3.05, 3.63) is 0 Å². The van der Waals surface area contributed by atoms with E-state index in [0.29, 0.717) is 61.9 Å². The lowest BCUT2D eigenvalue weighted by molar-refractivity contribution is -0.231. The van der Waals surface area contributed by atoms with Gasteiger partial charge in [0.1, 0.15) is 29.0 Å². The van der Waals surface area contributed by atoms with Crippen LogP contribution in [0.15, 0.2) is 0 Å². The number of esters is 8. The van der Waals surface area contributed by atoms with E-state index >= 15 is 0 Å². The predicted octanol–water partition coefficient (Wildman–Crippen LogP) is 14.7. The lowest BCUT2D eigenvalue weighted by Crippen LogP contribution is -2.63. The molecule has 17 heteroatoms. The van der Waals surface area contributed by atoms with Crippen LogP contribution in [0.25, 0.3) is 0 Å². The fourth-order valence-electron chi connectivity index (χ4n) is 17.3. The maximum atomic E-state index is 12.8. The molecule has 13 fully saturated rings. The van der Waals surface area contributed by atoms with Gasteiger partial charge in [-0.25, -0.2) is 9.59 Å². The number of aliphatic hydroxyl groups is 1. The fraction of sp³-hybridized carbons (Fsp3) is 0.893. The Bertz CT molecular complexity index is 2580. The molecular weight excluding hydrogens is 1170 g/mol. The molecule has 2 heterocycles. The van der Waals surface area contributed by atoms with Gasteiger partial charge in [-0.2, -0.15) is 0 Å². The molecular formula is C75H122O17. The monoisotopic (exact) mass is 1290 g/mol. The fourth-order valence-corrected chi connectivity index (χ4v) is 17.3. The van der Waals surface area contributed by atoms with Crippen LogP contribution in [0, 0.1) is 86.3 Å². The number of rotatable bonds is 19. The minimum atomic E-state index is -0.687. The molecule has 92 heavy (non-hydrogen) atoms. The van der Waals surface area contributed by atoms with Crippen molar-refractivity contribution in [2.75, 3.05) is 13.2 Å². The zero-order valence-corrected chi connectivity index (χ0v) is 60.1. The van der Waals surface area contributed by atoms with E-state index in [1.54, 1.807) is 27.7 Å². The quantitative estimate of drug-likeness (QED) is 0.0936. The van der Waals surface area contributed by atoms with Crippen LogP contribution >= 0.6 is 0 Å². The lowest BCUT2D eigenvalue weighted by Gasteiger charge is -2.62. The smallest absolute Gasteiger partial charge is 0.347 e. The van der Waals surface area contributed by atoms with Gasteiger partial charge in [-0.05, 0) is 252 Å². The zero-order valence-electron chi connectivity index (χ0n) is 60.1. The van der Waals surface area contributed by atoms with Gasteiger partial charge < -0.3 is 43.0 Å². The van der Waals surface area contributed by atoms with Crippen LogP contribution in [-0.4, -0.2) is 107 Å². The first kappa shape index (κ1) is 75.1. The maximum absolute atomic E-state index is 12.8. The van der Waals surface area contributed by atoms with Crippen LogP contribution in [0.2, 0.25) is 0 Å². The molecule has 17 nitrogen and oxygen atoms in total. The molecule has 0 aromatic heterocycles. The average Bonchev–Trinajstić information content (AvgIpc) is 0.755. The second-order valence-electron chi connectivity index (χ2n) is 33.9. The Hall–Kier alpha value is -4.28. The van der Waals surface area contributed by atoms with Crippen LogP contribution in [0.3, 0.4) is 0 Å². The highest BCUT2D eigenvalue weighted by atomic mass is 16.6. The molecule has 0 amide bonds. The van der Waals surface area contributed by atoms with Crippen molar-refractivity contribution in [1.29, 1.82) is 0 Å². The van der Waals surface area contributed by atoms with Crippen LogP contribution in [0.5, 0.6) is 0 Å². The molecule has 0 radical (unpaired) electrons. The minimum Gasteiger partial charge on any atom is -0.463 e. The number of carbonyl (C=O) groups excluding carboxylic acids is 8. The van der Waals surface area contributed by atoms with Crippen LogP contribution in [-0.2, 0) is 76.3 Å². The normalized spacial score (nSPS) is 34.0. The van der Waals surface area contributed by atoms with E-state index in [1.807, 2.05) is 69.2 Å². The van der Waals surface area contributed by atoms with E-state index in [1.165, 1.54) is 57.8 Å². The summed E-state index contributed by atoms with van der Waals surface area (Å²) in [7, 11) is 0. The number of ether oxygens (including phenoxy) is 8. The summed E-state index contributed by atoms with van der Waals surface area (Å²) in [5, 5.41) is 10.6. The van der Waals surface area contributed by atoms with Crippen molar-refractivity contribution in [3.63, 3.8) is 0 Å². The summed E-state index contributed by atoms with van der Waals surface area (Å²) in [6.07, 6.45) is 23.6. The molecule has 8 unspecified atom stereocenters. The van der Waals surface area contributed by atoms with Crippen LogP contribution in [0.1, 0.15) is 285 Å². The van der Waals surface area contributed by atoms with Gasteiger partial charge in [-0.15, -0.1) is 0 Å². The van der Waals surface area contributed by atoms with Gasteiger partial charge in [0.15, 0.2) is 6.61 Å². The lowest BCUT2D eigenvalue weighted by atomic mass is 9.47. The molecule has 1 N–H and O–H groups in total. The largest absolute Gasteiger partial charge is 0.463 e. The van der Waals surface area contributed by atoms with Gasteiger partial charge in [-0.1, -0.05) is 61.8 Å². The summed E-state index contributed by atoms with van der Waals surface area (Å²) >= 11 is 0. The number of fused-ring (bicyclic) bond motifs is 1. The second-order valence-corrected chi connectivity index (χ2v) is 33.9. The van der Waals surface area contributed by atoms with E-state index in [2.05, 4.69) is 27.7 Å². The molecule has 2 aliphatic heterocycles. The zero-order chi connectivity index (χ0) is 68.4. The Morgan fingerprint density at radius 1 is 0.554 bits per heavy atom. The summed E-state index contributed by atoms with van der Waals surface area (Å²) in [6.45, 7) is 35.6.